The van der Waals surface area contributed by atoms with Gasteiger partial charge in [-0.05, 0) is 18.2 Å². The van der Waals surface area contributed by atoms with Crippen molar-refractivity contribution in [2.75, 3.05) is 5.32 Å². The molecule has 0 aliphatic carbocycles. The number of hydrogen-bond donors (Lipinski definition) is 1. The summed E-state index contributed by atoms with van der Waals surface area (Å²) in [4.78, 5) is 0. The summed E-state index contributed by atoms with van der Waals surface area (Å²) < 4.78 is 5.21. The van der Waals surface area contributed by atoms with Crippen LogP contribution in [0.1, 0.15) is 11.8 Å². The van der Waals surface area contributed by atoms with E-state index in [1.165, 1.54) is 0 Å². The number of nitrogens with one attached hydrogen (secondary N) is 1. The van der Waals surface area contributed by atoms with E-state index in [9.17, 15) is 0 Å². The summed E-state index contributed by atoms with van der Waals surface area (Å²) in [6.07, 6.45) is 0. The van der Waals surface area contributed by atoms with Gasteiger partial charge in [-0.15, -0.1) is 10.2 Å². The van der Waals surface area contributed by atoms with Gasteiger partial charge in [0, 0.05) is 11.9 Å². The van der Waals surface area contributed by atoms with Crippen molar-refractivity contribution in [1.82, 2.24) is 10.2 Å². The molecule has 0 aliphatic heterocycles. The molecule has 0 spiro atoms. The number of anilines is 1. The second-order valence-corrected chi connectivity index (χ2v) is 4.04. The van der Waals surface area contributed by atoms with Gasteiger partial charge in [0.25, 0.3) is 0 Å². The molecule has 0 fully saturated rings. The number of aromatic nitrogens is 2. The number of halogens is 2. The maximum absolute atomic E-state index is 5.99. The Morgan fingerprint density at radius 3 is 2.75 bits per heavy atom. The van der Waals surface area contributed by atoms with Crippen molar-refractivity contribution in [3.05, 3.63) is 40.0 Å². The third-order valence-corrected chi connectivity index (χ3v) is 2.48. The summed E-state index contributed by atoms with van der Waals surface area (Å²) in [6, 6.07) is 5.23. The van der Waals surface area contributed by atoms with Gasteiger partial charge in [0.2, 0.25) is 11.8 Å². The molecule has 0 aliphatic rings. The second-order valence-electron chi connectivity index (χ2n) is 3.19. The first-order valence-corrected chi connectivity index (χ1v) is 5.38. The highest BCUT2D eigenvalue weighted by Gasteiger charge is 2.04. The standard InChI is InChI=1S/C10H9Cl2N3O/c1-6-14-15-10(16-6)5-13-9-3-2-7(11)4-8(9)12/h2-4,13H,5H2,1H3. The maximum Gasteiger partial charge on any atom is 0.235 e. The molecule has 0 unspecified atom stereocenters. The molecule has 1 aromatic heterocycles. The lowest BCUT2D eigenvalue weighted by atomic mass is 10.3. The Hall–Kier alpha value is -1.26. The Labute approximate surface area is 103 Å². The van der Waals surface area contributed by atoms with Crippen LogP contribution in [-0.4, -0.2) is 10.2 Å². The van der Waals surface area contributed by atoms with Gasteiger partial charge in [-0.1, -0.05) is 23.2 Å². The van der Waals surface area contributed by atoms with Crippen LogP contribution in [-0.2, 0) is 6.54 Å². The molecule has 1 N–H and O–H groups in total. The normalized spacial score (nSPS) is 10.4. The van der Waals surface area contributed by atoms with E-state index < -0.39 is 0 Å². The lowest BCUT2D eigenvalue weighted by molar-refractivity contribution is 0.475. The van der Waals surface area contributed by atoms with Crippen molar-refractivity contribution in [3.8, 4) is 0 Å². The van der Waals surface area contributed by atoms with Gasteiger partial charge in [-0.2, -0.15) is 0 Å². The Morgan fingerprint density at radius 1 is 1.31 bits per heavy atom. The molecule has 16 heavy (non-hydrogen) atoms. The van der Waals surface area contributed by atoms with Gasteiger partial charge in [0.05, 0.1) is 17.3 Å². The molecule has 0 saturated carbocycles. The molecule has 1 heterocycles. The number of nitrogens with zero attached hydrogens (tertiary/aromatic N) is 2. The smallest absolute Gasteiger partial charge is 0.235 e. The summed E-state index contributed by atoms with van der Waals surface area (Å²) in [6.45, 7) is 2.17. The first-order chi connectivity index (χ1) is 7.65. The van der Waals surface area contributed by atoms with E-state index in [1.807, 2.05) is 0 Å². The van der Waals surface area contributed by atoms with E-state index in [0.717, 1.165) is 5.69 Å². The van der Waals surface area contributed by atoms with Crippen molar-refractivity contribution < 1.29 is 4.42 Å². The highest BCUT2D eigenvalue weighted by molar-refractivity contribution is 6.36. The fraction of sp³-hybridized carbons (Fsp3) is 0.200. The molecule has 0 atom stereocenters. The van der Waals surface area contributed by atoms with Gasteiger partial charge < -0.3 is 9.73 Å². The first-order valence-electron chi connectivity index (χ1n) is 4.63. The minimum absolute atomic E-state index is 0.433. The predicted octanol–water partition coefficient (Wildman–Crippen LogP) is 3.30. The van der Waals surface area contributed by atoms with Crippen molar-refractivity contribution in [3.63, 3.8) is 0 Å². The molecular formula is C10H9Cl2N3O. The van der Waals surface area contributed by atoms with Crippen LogP contribution in [0.15, 0.2) is 22.6 Å². The summed E-state index contributed by atoms with van der Waals surface area (Å²) in [5.41, 5.74) is 0.780. The van der Waals surface area contributed by atoms with Crippen LogP contribution in [0.2, 0.25) is 10.0 Å². The fourth-order valence-electron chi connectivity index (χ4n) is 1.21. The van der Waals surface area contributed by atoms with Crippen LogP contribution in [0.4, 0.5) is 5.69 Å². The second kappa shape index (κ2) is 4.72. The molecule has 0 saturated heterocycles. The van der Waals surface area contributed by atoms with Crippen molar-refractivity contribution in [2.24, 2.45) is 0 Å². The van der Waals surface area contributed by atoms with Crippen LogP contribution in [0.5, 0.6) is 0 Å². The van der Waals surface area contributed by atoms with Crippen molar-refractivity contribution in [2.45, 2.75) is 13.5 Å². The van der Waals surface area contributed by atoms with Gasteiger partial charge in [0.15, 0.2) is 0 Å². The van der Waals surface area contributed by atoms with E-state index >= 15 is 0 Å². The lowest BCUT2D eigenvalue weighted by Crippen LogP contribution is -2.00. The third kappa shape index (κ3) is 2.65. The van der Waals surface area contributed by atoms with Gasteiger partial charge >= 0.3 is 0 Å². The van der Waals surface area contributed by atoms with E-state index in [0.29, 0.717) is 28.4 Å². The van der Waals surface area contributed by atoms with Crippen molar-refractivity contribution in [1.29, 1.82) is 0 Å². The van der Waals surface area contributed by atoms with E-state index in [2.05, 4.69) is 15.5 Å². The van der Waals surface area contributed by atoms with Crippen molar-refractivity contribution >= 4 is 28.9 Å². The highest BCUT2D eigenvalue weighted by Crippen LogP contribution is 2.25. The fourth-order valence-corrected chi connectivity index (χ4v) is 1.69. The monoisotopic (exact) mass is 257 g/mol. The Balaban J connectivity index is 2.04. The molecule has 84 valence electrons. The summed E-state index contributed by atoms with van der Waals surface area (Å²) in [5.74, 6) is 1.06. The van der Waals surface area contributed by atoms with Crippen LogP contribution in [0.3, 0.4) is 0 Å². The summed E-state index contributed by atoms with van der Waals surface area (Å²) in [5, 5.41) is 11.8. The molecule has 1 aromatic carbocycles. The molecule has 0 bridgehead atoms. The SMILES string of the molecule is Cc1nnc(CNc2ccc(Cl)cc2Cl)o1. The predicted molar refractivity (Wildman–Crippen MR) is 62.8 cm³/mol. The van der Waals surface area contributed by atoms with E-state index in [-0.39, 0.29) is 0 Å². The minimum Gasteiger partial charge on any atom is -0.424 e. The summed E-state index contributed by atoms with van der Waals surface area (Å²) >= 11 is 11.8. The van der Waals surface area contributed by atoms with Gasteiger partial charge in [-0.25, -0.2) is 0 Å². The van der Waals surface area contributed by atoms with E-state index in [4.69, 9.17) is 27.6 Å². The van der Waals surface area contributed by atoms with Crippen LogP contribution < -0.4 is 5.32 Å². The highest BCUT2D eigenvalue weighted by atomic mass is 35.5. The lowest BCUT2D eigenvalue weighted by Gasteiger charge is -2.05. The third-order valence-electron chi connectivity index (χ3n) is 1.93. The number of hydrogen-bond acceptors (Lipinski definition) is 4. The zero-order valence-corrected chi connectivity index (χ0v) is 10.0. The maximum atomic E-state index is 5.99. The number of benzene rings is 1. The molecule has 2 rings (SSSR count). The Morgan fingerprint density at radius 2 is 2.12 bits per heavy atom. The summed E-state index contributed by atoms with van der Waals surface area (Å²) in [7, 11) is 0. The first kappa shape index (κ1) is 11.2. The van der Waals surface area contributed by atoms with Crippen LogP contribution in [0.25, 0.3) is 0 Å². The van der Waals surface area contributed by atoms with E-state index in [1.54, 1.807) is 25.1 Å². The molecular weight excluding hydrogens is 249 g/mol. The average Bonchev–Trinajstić information content (AvgIpc) is 2.63. The number of aryl methyl sites for hydroxylation is 1. The molecule has 2 aromatic rings. The van der Waals surface area contributed by atoms with Crippen LogP contribution >= 0.6 is 23.2 Å². The largest absolute Gasteiger partial charge is 0.424 e. The number of rotatable bonds is 3. The van der Waals surface area contributed by atoms with Crippen LogP contribution in [0, 0.1) is 6.92 Å². The van der Waals surface area contributed by atoms with Gasteiger partial charge in [-0.3, -0.25) is 0 Å². The molecule has 4 nitrogen and oxygen atoms in total. The molecule has 0 radical (unpaired) electrons. The topological polar surface area (TPSA) is 51.0 Å². The molecule has 6 heteroatoms. The van der Waals surface area contributed by atoms with Gasteiger partial charge in [0.1, 0.15) is 0 Å². The zero-order chi connectivity index (χ0) is 11.5. The molecule has 0 amide bonds. The Kier molecular flexibility index (Phi) is 3.31. The zero-order valence-electron chi connectivity index (χ0n) is 8.50. The quantitative estimate of drug-likeness (QED) is 0.917. The Bertz CT molecular complexity index is 499. The average molecular weight is 258 g/mol. The minimum atomic E-state index is 0.433.